The molecule has 3 aliphatic heterocycles. The number of rotatable bonds is 9. The Balaban J connectivity index is 1.75. The molecule has 2 amide bonds. The number of hydrogen-bond donors (Lipinski definition) is 2. The van der Waals surface area contributed by atoms with E-state index in [2.05, 4.69) is 32.9 Å². The van der Waals surface area contributed by atoms with Crippen molar-refractivity contribution < 1.29 is 24.2 Å². The quantitative estimate of drug-likeness (QED) is 0.278. The molecule has 0 saturated carbocycles. The topological polar surface area (TPSA) is 90.3 Å². The molecule has 0 unspecified atom stereocenters. The van der Waals surface area contributed by atoms with Crippen molar-refractivity contribution in [1.29, 1.82) is 0 Å². The van der Waals surface area contributed by atoms with Gasteiger partial charge in [-0.3, -0.25) is 9.59 Å². The van der Waals surface area contributed by atoms with Crippen molar-refractivity contribution in [3.8, 4) is 0 Å². The van der Waals surface area contributed by atoms with Gasteiger partial charge in [-0.25, -0.2) is 0 Å². The van der Waals surface area contributed by atoms with Gasteiger partial charge in [-0.15, -0.1) is 0 Å². The minimum atomic E-state index is -2.75. The number of aliphatic hydroxyl groups excluding tert-OH is 1. The molecule has 1 aromatic rings. The summed E-state index contributed by atoms with van der Waals surface area (Å²) >= 11 is 0. The van der Waals surface area contributed by atoms with Gasteiger partial charge in [0.1, 0.15) is 0 Å². The minimum absolute atomic E-state index is 0.0743. The molecule has 8 heteroatoms. The number of allylic oxidation sites excluding steroid dienone is 3. The Kier molecular flexibility index (Phi) is 7.86. The lowest BCUT2D eigenvalue weighted by atomic mass is 9.82. The Labute approximate surface area is 221 Å². The molecule has 4 atom stereocenters. The van der Waals surface area contributed by atoms with E-state index < -0.39 is 20.0 Å². The minimum Gasteiger partial charge on any atom is -0.432 e. The number of nitrogens with zero attached hydrogens (tertiary/aromatic N) is 2. The first-order valence-electron chi connectivity index (χ1n) is 13.5. The molecular formula is C29H42N2O5Si. The van der Waals surface area contributed by atoms with E-state index in [1.165, 1.54) is 11.1 Å². The van der Waals surface area contributed by atoms with Gasteiger partial charge in [0.2, 0.25) is 5.91 Å². The van der Waals surface area contributed by atoms with Crippen molar-refractivity contribution in [2.24, 2.45) is 5.92 Å². The molecule has 1 aromatic carbocycles. The second-order valence-electron chi connectivity index (χ2n) is 11.7. The predicted octanol–water partition coefficient (Wildman–Crippen LogP) is 4.64. The van der Waals surface area contributed by atoms with E-state index in [-0.39, 0.29) is 29.9 Å². The lowest BCUT2D eigenvalue weighted by Crippen LogP contribution is -2.46. The lowest BCUT2D eigenvalue weighted by molar-refractivity contribution is -0.146. The van der Waals surface area contributed by atoms with Gasteiger partial charge < -0.3 is 24.4 Å². The third-order valence-corrected chi connectivity index (χ3v) is 10.8. The van der Waals surface area contributed by atoms with Gasteiger partial charge in [-0.2, -0.15) is 0 Å². The molecule has 4 rings (SSSR count). The maximum Gasteiger partial charge on any atom is 0.264 e. The zero-order chi connectivity index (χ0) is 27.1. The van der Waals surface area contributed by atoms with Gasteiger partial charge in [0, 0.05) is 48.8 Å². The molecule has 2 N–H and O–H groups in total. The van der Waals surface area contributed by atoms with Gasteiger partial charge in [0.05, 0.1) is 11.8 Å². The molecule has 2 fully saturated rings. The van der Waals surface area contributed by atoms with Crippen LogP contribution in [0.15, 0.2) is 41.5 Å². The first kappa shape index (κ1) is 27.8. The van der Waals surface area contributed by atoms with Crippen molar-refractivity contribution >= 4 is 31.5 Å². The van der Waals surface area contributed by atoms with E-state index in [1.807, 2.05) is 38.2 Å². The molecule has 0 bridgehead atoms. The van der Waals surface area contributed by atoms with Gasteiger partial charge in [-0.1, -0.05) is 30.2 Å². The zero-order valence-electron chi connectivity index (χ0n) is 23.1. The second kappa shape index (κ2) is 10.5. The monoisotopic (exact) mass is 526 g/mol. The van der Waals surface area contributed by atoms with E-state index in [4.69, 9.17) is 4.74 Å². The van der Waals surface area contributed by atoms with Crippen LogP contribution in [0.5, 0.6) is 0 Å². The van der Waals surface area contributed by atoms with E-state index in [1.54, 1.807) is 9.80 Å². The summed E-state index contributed by atoms with van der Waals surface area (Å²) in [5, 5.41) is 9.78. The van der Waals surface area contributed by atoms with Crippen LogP contribution < -0.4 is 9.80 Å². The maximum absolute atomic E-state index is 14.3. The Morgan fingerprint density at radius 2 is 1.95 bits per heavy atom. The van der Waals surface area contributed by atoms with Crippen molar-refractivity contribution in [2.75, 3.05) is 29.5 Å². The third kappa shape index (κ3) is 4.96. The van der Waals surface area contributed by atoms with Crippen LogP contribution in [0.2, 0.25) is 18.6 Å². The summed E-state index contributed by atoms with van der Waals surface area (Å²) in [5.74, 6) is -0.332. The molecule has 2 saturated heterocycles. The van der Waals surface area contributed by atoms with Crippen molar-refractivity contribution in [2.45, 2.75) is 83.7 Å². The van der Waals surface area contributed by atoms with Gasteiger partial charge in [-0.05, 0) is 71.3 Å². The van der Waals surface area contributed by atoms with Crippen LogP contribution in [0.3, 0.4) is 0 Å². The molecule has 202 valence electrons. The Morgan fingerprint density at radius 3 is 2.51 bits per heavy atom. The number of benzene rings is 1. The molecular weight excluding hydrogens is 484 g/mol. The first-order chi connectivity index (χ1) is 17.4. The highest BCUT2D eigenvalue weighted by Gasteiger charge is 2.66. The smallest absolute Gasteiger partial charge is 0.264 e. The Morgan fingerprint density at radius 1 is 1.22 bits per heavy atom. The molecule has 0 aliphatic carbocycles. The molecule has 0 radical (unpaired) electrons. The van der Waals surface area contributed by atoms with Crippen LogP contribution >= 0.6 is 0 Å². The number of anilines is 2. The summed E-state index contributed by atoms with van der Waals surface area (Å²) < 4.78 is 6.67. The number of aliphatic hydroxyl groups is 1. The Hall–Kier alpha value is -2.26. The van der Waals surface area contributed by atoms with Crippen LogP contribution in [-0.4, -0.2) is 55.8 Å². The molecule has 7 nitrogen and oxygen atoms in total. The Bertz CT molecular complexity index is 1120. The van der Waals surface area contributed by atoms with Gasteiger partial charge >= 0.3 is 0 Å². The number of carbonyl (C=O) groups is 2. The molecule has 3 heterocycles. The number of ether oxygens (including phenoxy) is 1. The molecule has 3 aliphatic rings. The molecule has 1 spiro atoms. The van der Waals surface area contributed by atoms with Gasteiger partial charge in [0.25, 0.3) is 5.91 Å². The average molecular weight is 527 g/mol. The number of hydrogen-bond acceptors (Lipinski definition) is 5. The lowest BCUT2D eigenvalue weighted by Gasteiger charge is -2.33. The largest absolute Gasteiger partial charge is 0.432 e. The fourth-order valence-electron chi connectivity index (χ4n) is 6.34. The van der Waals surface area contributed by atoms with Crippen LogP contribution in [0.25, 0.3) is 0 Å². The van der Waals surface area contributed by atoms with Crippen LogP contribution in [-0.2, 0) is 19.9 Å². The fraction of sp³-hybridized carbons (Fsp3) is 0.586. The summed E-state index contributed by atoms with van der Waals surface area (Å²) in [6.07, 6.45) is 6.70. The van der Waals surface area contributed by atoms with Crippen molar-refractivity contribution in [3.05, 3.63) is 47.1 Å². The summed E-state index contributed by atoms with van der Waals surface area (Å²) in [7, 11) is -2.75. The highest BCUT2D eigenvalue weighted by atomic mass is 28.4. The highest BCUT2D eigenvalue weighted by Crippen LogP contribution is 2.60. The number of fused-ring (bicyclic) bond motifs is 2. The normalized spacial score (nSPS) is 27.7. The van der Waals surface area contributed by atoms with E-state index in [0.717, 1.165) is 29.8 Å². The summed E-state index contributed by atoms with van der Waals surface area (Å²) in [6.45, 7) is 13.1. The van der Waals surface area contributed by atoms with Crippen molar-refractivity contribution in [1.82, 2.24) is 0 Å². The summed E-state index contributed by atoms with van der Waals surface area (Å²) in [5.41, 5.74) is 3.38. The standard InChI is InChI=1S/C29H42N2O5Si/c1-19(2)8-7-9-20(3)12-15-31-24-11-10-22(30-16-13-26(30)33)18-23(24)29(28(31)34)21(4)27(37(5,6)35)25(36-29)14-17-32/h8,10-12,18,21,25,27,32,35H,7,9,13-17H2,1-6H3/b20-12+/t21-,25+,27-,29+/m0/s1. The van der Waals surface area contributed by atoms with Gasteiger partial charge in [0.15, 0.2) is 13.9 Å². The maximum atomic E-state index is 14.3. The van der Waals surface area contributed by atoms with E-state index >= 15 is 0 Å². The second-order valence-corrected chi connectivity index (χ2v) is 15.6. The zero-order valence-corrected chi connectivity index (χ0v) is 24.1. The number of β-lactam (4-membered cyclic amide) rings is 1. The van der Waals surface area contributed by atoms with Crippen molar-refractivity contribution in [3.63, 3.8) is 0 Å². The number of amides is 2. The SMILES string of the molecule is CC(C)=CCC/C(C)=C/CN1C(=O)[C@]2(O[C@H](CCO)[C@@H]([Si](C)(C)O)[C@@H]2C)c2cc(N3CCC3=O)ccc21. The fourth-order valence-corrected chi connectivity index (χ4v) is 8.94. The summed E-state index contributed by atoms with van der Waals surface area (Å²) in [4.78, 5) is 41.3. The first-order valence-corrected chi connectivity index (χ1v) is 16.5. The van der Waals surface area contributed by atoms with Crippen LogP contribution in [0.4, 0.5) is 11.4 Å². The third-order valence-electron chi connectivity index (χ3n) is 8.26. The van der Waals surface area contributed by atoms with E-state index in [9.17, 15) is 19.5 Å². The van der Waals surface area contributed by atoms with E-state index in [0.29, 0.717) is 25.9 Å². The molecule has 37 heavy (non-hydrogen) atoms. The highest BCUT2D eigenvalue weighted by molar-refractivity contribution is 6.71. The average Bonchev–Trinajstić information content (AvgIpc) is 3.23. The van der Waals surface area contributed by atoms with Crippen LogP contribution in [0.1, 0.15) is 58.9 Å². The summed E-state index contributed by atoms with van der Waals surface area (Å²) in [6, 6.07) is 5.78. The number of carbonyl (C=O) groups excluding carboxylic acids is 2. The van der Waals surface area contributed by atoms with Crippen LogP contribution in [0, 0.1) is 5.92 Å². The predicted molar refractivity (Wildman–Crippen MR) is 149 cm³/mol. The molecule has 0 aromatic heterocycles.